The molecule has 1 fully saturated rings. The lowest BCUT2D eigenvalue weighted by Crippen LogP contribution is -2.26. The van der Waals surface area contributed by atoms with Crippen molar-refractivity contribution in [3.05, 3.63) is 0 Å². The SMILES string of the molecule is COC(=O)C[C@H](O)C[C@H](O)C[C@@H](C)CC1(OS(C)(=O)=O)CC1. The summed E-state index contributed by atoms with van der Waals surface area (Å²) >= 11 is 0. The van der Waals surface area contributed by atoms with Crippen molar-refractivity contribution in [1.82, 2.24) is 0 Å². The van der Waals surface area contributed by atoms with Crippen LogP contribution in [0.15, 0.2) is 0 Å². The monoisotopic (exact) mass is 338 g/mol. The number of ether oxygens (including phenoxy) is 1. The van der Waals surface area contributed by atoms with Crippen LogP contribution < -0.4 is 0 Å². The molecule has 3 atom stereocenters. The first-order valence-corrected chi connectivity index (χ1v) is 9.20. The molecule has 0 aromatic heterocycles. The molecule has 7 nitrogen and oxygen atoms in total. The molecule has 0 radical (unpaired) electrons. The predicted octanol–water partition coefficient (Wildman–Crippen LogP) is 0.586. The van der Waals surface area contributed by atoms with Gasteiger partial charge in [0, 0.05) is 0 Å². The van der Waals surface area contributed by atoms with Gasteiger partial charge in [0.15, 0.2) is 0 Å². The molecule has 0 heterocycles. The van der Waals surface area contributed by atoms with E-state index in [0.29, 0.717) is 25.7 Å². The number of aliphatic hydroxyl groups is 2. The van der Waals surface area contributed by atoms with Crippen LogP contribution in [0.5, 0.6) is 0 Å². The smallest absolute Gasteiger partial charge is 0.308 e. The lowest BCUT2D eigenvalue weighted by atomic mass is 9.93. The third-order valence-electron chi connectivity index (χ3n) is 3.70. The first-order chi connectivity index (χ1) is 10.1. The summed E-state index contributed by atoms with van der Waals surface area (Å²) in [6.07, 6.45) is 1.62. The zero-order valence-electron chi connectivity index (χ0n) is 13.3. The summed E-state index contributed by atoms with van der Waals surface area (Å²) in [5.41, 5.74) is -0.614. The first kappa shape index (κ1) is 19.3. The van der Waals surface area contributed by atoms with Gasteiger partial charge in [0.05, 0.1) is 37.6 Å². The summed E-state index contributed by atoms with van der Waals surface area (Å²) in [5.74, 6) is -0.476. The van der Waals surface area contributed by atoms with Crippen LogP contribution in [0.4, 0.5) is 0 Å². The summed E-state index contributed by atoms with van der Waals surface area (Å²) < 4.78 is 32.0. The molecule has 0 bridgehead atoms. The van der Waals surface area contributed by atoms with E-state index in [1.54, 1.807) is 0 Å². The zero-order chi connectivity index (χ0) is 17.0. The molecule has 1 rings (SSSR count). The average Bonchev–Trinajstić information content (AvgIpc) is 3.04. The molecule has 0 aliphatic heterocycles. The number of aliphatic hydroxyl groups excluding tert-OH is 2. The minimum absolute atomic E-state index is 0.0459. The summed E-state index contributed by atoms with van der Waals surface area (Å²) in [6, 6.07) is 0. The molecule has 1 saturated carbocycles. The second-order valence-electron chi connectivity index (χ2n) is 6.34. The van der Waals surface area contributed by atoms with Crippen molar-refractivity contribution < 1.29 is 32.3 Å². The fourth-order valence-electron chi connectivity index (χ4n) is 2.73. The van der Waals surface area contributed by atoms with E-state index in [0.717, 1.165) is 6.26 Å². The van der Waals surface area contributed by atoms with Crippen molar-refractivity contribution in [3.63, 3.8) is 0 Å². The fourth-order valence-corrected chi connectivity index (χ4v) is 3.61. The number of carbonyl (C=O) groups excluding carboxylic acids is 1. The molecule has 0 aromatic carbocycles. The minimum Gasteiger partial charge on any atom is -0.469 e. The van der Waals surface area contributed by atoms with Gasteiger partial charge in [-0.25, -0.2) is 0 Å². The Kier molecular flexibility index (Phi) is 6.79. The Morgan fingerprint density at radius 3 is 2.27 bits per heavy atom. The van der Waals surface area contributed by atoms with Gasteiger partial charge in [-0.2, -0.15) is 8.42 Å². The van der Waals surface area contributed by atoms with Crippen molar-refractivity contribution in [1.29, 1.82) is 0 Å². The summed E-state index contributed by atoms with van der Waals surface area (Å²) in [4.78, 5) is 11.0. The molecule has 0 aromatic rings. The lowest BCUT2D eigenvalue weighted by Gasteiger charge is -2.22. The molecule has 0 saturated heterocycles. The summed E-state index contributed by atoms with van der Waals surface area (Å²) in [5, 5.41) is 19.6. The van der Waals surface area contributed by atoms with Crippen LogP contribution in [0.2, 0.25) is 0 Å². The number of rotatable bonds is 10. The minimum atomic E-state index is -3.48. The van der Waals surface area contributed by atoms with Gasteiger partial charge in [-0.3, -0.25) is 8.98 Å². The van der Waals surface area contributed by atoms with Crippen LogP contribution in [0.1, 0.15) is 45.4 Å². The maximum absolute atomic E-state index is 11.2. The van der Waals surface area contributed by atoms with E-state index in [4.69, 9.17) is 4.18 Å². The van der Waals surface area contributed by atoms with E-state index in [-0.39, 0.29) is 18.8 Å². The molecular weight excluding hydrogens is 312 g/mol. The highest BCUT2D eigenvalue weighted by molar-refractivity contribution is 7.86. The standard InChI is InChI=1S/C14H26O7S/c1-10(9-14(4-5-14)21-22(3,18)19)6-11(15)7-12(16)8-13(17)20-2/h10-12,15-16H,4-9H2,1-3H3/t10-,11-,12-/m1/s1. The van der Waals surface area contributed by atoms with Crippen LogP contribution in [0, 0.1) is 5.92 Å². The van der Waals surface area contributed by atoms with Crippen molar-refractivity contribution in [2.75, 3.05) is 13.4 Å². The van der Waals surface area contributed by atoms with Crippen molar-refractivity contribution >= 4 is 16.1 Å². The largest absolute Gasteiger partial charge is 0.469 e. The Balaban J connectivity index is 2.35. The van der Waals surface area contributed by atoms with E-state index in [1.165, 1.54) is 7.11 Å². The molecule has 2 N–H and O–H groups in total. The molecular formula is C14H26O7S. The van der Waals surface area contributed by atoms with E-state index in [9.17, 15) is 23.4 Å². The molecule has 130 valence electrons. The van der Waals surface area contributed by atoms with Crippen LogP contribution in [-0.4, -0.2) is 55.8 Å². The number of carbonyl (C=O) groups is 1. The van der Waals surface area contributed by atoms with Gasteiger partial charge in [0.25, 0.3) is 10.1 Å². The van der Waals surface area contributed by atoms with Gasteiger partial charge in [0.1, 0.15) is 0 Å². The molecule has 1 aliphatic carbocycles. The zero-order valence-corrected chi connectivity index (χ0v) is 14.1. The van der Waals surface area contributed by atoms with Crippen LogP contribution >= 0.6 is 0 Å². The van der Waals surface area contributed by atoms with Crippen LogP contribution in [-0.2, 0) is 23.8 Å². The number of hydrogen-bond donors (Lipinski definition) is 2. The topological polar surface area (TPSA) is 110 Å². The maximum atomic E-state index is 11.2. The van der Waals surface area contributed by atoms with Gasteiger partial charge in [-0.15, -0.1) is 0 Å². The molecule has 0 unspecified atom stereocenters. The second kappa shape index (κ2) is 7.72. The van der Waals surface area contributed by atoms with Crippen molar-refractivity contribution in [3.8, 4) is 0 Å². The number of esters is 1. The average molecular weight is 338 g/mol. The Morgan fingerprint density at radius 2 is 1.82 bits per heavy atom. The maximum Gasteiger partial charge on any atom is 0.308 e. The van der Waals surface area contributed by atoms with Gasteiger partial charge in [-0.1, -0.05) is 6.92 Å². The van der Waals surface area contributed by atoms with Gasteiger partial charge in [0.2, 0.25) is 0 Å². The van der Waals surface area contributed by atoms with Crippen molar-refractivity contribution in [2.24, 2.45) is 5.92 Å². The highest BCUT2D eigenvalue weighted by Crippen LogP contribution is 2.46. The third kappa shape index (κ3) is 7.53. The van der Waals surface area contributed by atoms with Gasteiger partial charge < -0.3 is 14.9 Å². The van der Waals surface area contributed by atoms with Crippen molar-refractivity contribution in [2.45, 2.75) is 63.3 Å². The highest BCUT2D eigenvalue weighted by Gasteiger charge is 2.47. The normalized spacial score (nSPS) is 21.0. The fraction of sp³-hybridized carbons (Fsp3) is 0.929. The Morgan fingerprint density at radius 1 is 1.23 bits per heavy atom. The molecule has 22 heavy (non-hydrogen) atoms. The van der Waals surface area contributed by atoms with Gasteiger partial charge >= 0.3 is 5.97 Å². The number of methoxy groups -OCH3 is 1. The van der Waals surface area contributed by atoms with Gasteiger partial charge in [-0.05, 0) is 38.0 Å². The predicted molar refractivity (Wildman–Crippen MR) is 79.6 cm³/mol. The lowest BCUT2D eigenvalue weighted by molar-refractivity contribution is -0.143. The van der Waals surface area contributed by atoms with Crippen LogP contribution in [0.25, 0.3) is 0 Å². The highest BCUT2D eigenvalue weighted by atomic mass is 32.2. The first-order valence-electron chi connectivity index (χ1n) is 7.39. The quantitative estimate of drug-likeness (QED) is 0.443. The summed E-state index contributed by atoms with van der Waals surface area (Å²) in [6.45, 7) is 1.90. The third-order valence-corrected chi connectivity index (χ3v) is 4.36. The Labute approximate surface area is 131 Å². The van der Waals surface area contributed by atoms with E-state index in [2.05, 4.69) is 4.74 Å². The van der Waals surface area contributed by atoms with E-state index >= 15 is 0 Å². The Bertz CT molecular complexity index is 470. The molecule has 0 spiro atoms. The summed E-state index contributed by atoms with van der Waals surface area (Å²) in [7, 11) is -2.24. The number of hydrogen-bond acceptors (Lipinski definition) is 7. The molecule has 0 amide bonds. The Hall–Kier alpha value is -0.700. The second-order valence-corrected chi connectivity index (χ2v) is 7.91. The molecule has 8 heteroatoms. The molecule has 1 aliphatic rings. The van der Waals surface area contributed by atoms with Crippen LogP contribution in [0.3, 0.4) is 0 Å². The van der Waals surface area contributed by atoms with E-state index in [1.807, 2.05) is 6.92 Å². The van der Waals surface area contributed by atoms with E-state index < -0.39 is 33.9 Å².